The van der Waals surface area contributed by atoms with E-state index in [1.165, 1.54) is 60.7 Å². The number of aliphatic hydroxyl groups excluding tert-OH is 1. The Bertz CT molecular complexity index is 1410. The highest BCUT2D eigenvalue weighted by Crippen LogP contribution is 2.50. The van der Waals surface area contributed by atoms with Crippen molar-refractivity contribution in [3.63, 3.8) is 0 Å². The maximum atomic E-state index is 13.9. The minimum atomic E-state index is -4.55. The van der Waals surface area contributed by atoms with E-state index in [1.54, 1.807) is 11.9 Å². The van der Waals surface area contributed by atoms with Crippen molar-refractivity contribution in [2.45, 2.75) is 26.1 Å². The van der Waals surface area contributed by atoms with Crippen LogP contribution in [0.2, 0.25) is 0 Å². The van der Waals surface area contributed by atoms with Crippen LogP contribution in [0.1, 0.15) is 42.1 Å². The molecule has 0 saturated heterocycles. The van der Waals surface area contributed by atoms with Crippen LogP contribution in [0.15, 0.2) is 84.1 Å². The Balaban J connectivity index is 2.11. The molecule has 1 heterocycles. The fourth-order valence-electron chi connectivity index (χ4n) is 5.02. The highest BCUT2D eigenvalue weighted by Gasteiger charge is 2.40. The Kier molecular flexibility index (Phi) is 7.92. The van der Waals surface area contributed by atoms with Gasteiger partial charge in [0.25, 0.3) is 0 Å². The quantitative estimate of drug-likeness (QED) is 0.207. The third-order valence-electron chi connectivity index (χ3n) is 6.60. The lowest BCUT2D eigenvalue weighted by molar-refractivity contribution is -0.147. The zero-order chi connectivity index (χ0) is 28.5. The molecule has 0 saturated carbocycles. The molecular formula is C30H26F5NO3. The van der Waals surface area contributed by atoms with Gasteiger partial charge in [-0.05, 0) is 59.0 Å². The summed E-state index contributed by atoms with van der Waals surface area (Å²) in [5.74, 6) is -2.08. The van der Waals surface area contributed by atoms with Gasteiger partial charge in [0.2, 0.25) is 0 Å². The first-order chi connectivity index (χ1) is 18.4. The van der Waals surface area contributed by atoms with Crippen LogP contribution < -0.4 is 0 Å². The number of aliphatic hydroxyl groups is 1. The van der Waals surface area contributed by atoms with Crippen molar-refractivity contribution in [3.05, 3.63) is 118 Å². The molecule has 9 heteroatoms. The summed E-state index contributed by atoms with van der Waals surface area (Å²) in [6.45, 7) is 2.88. The van der Waals surface area contributed by atoms with Crippen molar-refractivity contribution in [3.8, 4) is 0 Å². The maximum Gasteiger partial charge on any atom is 0.416 e. The highest BCUT2D eigenvalue weighted by molar-refractivity contribution is 6.16. The molecule has 1 N–H and O–H groups in total. The SMILES string of the molecule is CC(C)C1=C(c2ccc(C(F)(F)F)cc2)C(c2ccc(F)cc2)=C(C(=O)OCO)C(c2ccc(F)cc2)N1C. The number of hydrogen-bond donors (Lipinski definition) is 1. The van der Waals surface area contributed by atoms with Crippen molar-refractivity contribution < 1.29 is 36.6 Å². The van der Waals surface area contributed by atoms with Gasteiger partial charge in [0.1, 0.15) is 11.6 Å². The zero-order valence-corrected chi connectivity index (χ0v) is 21.4. The van der Waals surface area contributed by atoms with Crippen LogP contribution in [0.3, 0.4) is 0 Å². The van der Waals surface area contributed by atoms with Crippen molar-refractivity contribution in [2.24, 2.45) is 5.92 Å². The van der Waals surface area contributed by atoms with E-state index in [4.69, 9.17) is 4.74 Å². The Labute approximate surface area is 222 Å². The normalized spacial score (nSPS) is 16.3. The Morgan fingerprint density at radius 2 is 1.36 bits per heavy atom. The molecule has 3 aromatic rings. The van der Waals surface area contributed by atoms with Gasteiger partial charge in [-0.15, -0.1) is 0 Å². The second kappa shape index (κ2) is 11.0. The standard InChI is InChI=1S/C30H26F5NO3/c1-17(2)27-25(19-4-10-21(11-5-19)30(33,34)35)24(18-6-12-22(31)13-7-18)26(29(38)39-16-37)28(36(27)3)20-8-14-23(32)15-9-20/h4-15,17,28,37H,16H2,1-3H3. The van der Waals surface area contributed by atoms with Crippen LogP contribution in [0.25, 0.3) is 11.1 Å². The molecule has 0 aromatic heterocycles. The molecule has 0 fully saturated rings. The van der Waals surface area contributed by atoms with Crippen LogP contribution in [0, 0.1) is 17.6 Å². The van der Waals surface area contributed by atoms with Crippen LogP contribution in [-0.4, -0.2) is 29.8 Å². The topological polar surface area (TPSA) is 49.8 Å². The summed E-state index contributed by atoms with van der Waals surface area (Å²) in [5.41, 5.74) is 2.01. The summed E-state index contributed by atoms with van der Waals surface area (Å²) in [4.78, 5) is 15.3. The summed E-state index contributed by atoms with van der Waals surface area (Å²) in [5, 5.41) is 9.45. The molecule has 1 aliphatic rings. The number of carbonyl (C=O) groups is 1. The van der Waals surface area contributed by atoms with Crippen molar-refractivity contribution in [2.75, 3.05) is 13.8 Å². The number of allylic oxidation sites excluding steroid dienone is 3. The van der Waals surface area contributed by atoms with Crippen LogP contribution in [0.4, 0.5) is 22.0 Å². The third-order valence-corrected chi connectivity index (χ3v) is 6.60. The van der Waals surface area contributed by atoms with Gasteiger partial charge in [0, 0.05) is 23.9 Å². The number of hydrogen-bond acceptors (Lipinski definition) is 4. The molecule has 0 amide bonds. The number of carbonyl (C=O) groups excluding carboxylic acids is 1. The van der Waals surface area contributed by atoms with E-state index in [0.29, 0.717) is 33.5 Å². The van der Waals surface area contributed by atoms with Crippen molar-refractivity contribution in [1.29, 1.82) is 0 Å². The molecule has 1 atom stereocenters. The number of halogens is 5. The van der Waals surface area contributed by atoms with Gasteiger partial charge in [-0.25, -0.2) is 13.6 Å². The number of esters is 1. The summed E-state index contributed by atoms with van der Waals surface area (Å²) in [6.07, 6.45) is -4.55. The molecule has 4 nitrogen and oxygen atoms in total. The lowest BCUT2D eigenvalue weighted by Gasteiger charge is -2.42. The molecule has 204 valence electrons. The molecule has 1 aliphatic heterocycles. The third kappa shape index (κ3) is 5.59. The average Bonchev–Trinajstić information content (AvgIpc) is 2.88. The van der Waals surface area contributed by atoms with E-state index in [9.17, 15) is 31.9 Å². The smallest absolute Gasteiger partial charge is 0.416 e. The lowest BCUT2D eigenvalue weighted by atomic mass is 9.77. The minimum Gasteiger partial charge on any atom is -0.435 e. The van der Waals surface area contributed by atoms with E-state index in [1.807, 2.05) is 13.8 Å². The molecular weight excluding hydrogens is 517 g/mol. The first kappa shape index (κ1) is 28.0. The van der Waals surface area contributed by atoms with Crippen LogP contribution in [0.5, 0.6) is 0 Å². The molecule has 3 aromatic carbocycles. The van der Waals surface area contributed by atoms with Gasteiger partial charge in [0.05, 0.1) is 17.2 Å². The molecule has 0 bridgehead atoms. The first-order valence-electron chi connectivity index (χ1n) is 12.1. The number of alkyl halides is 3. The van der Waals surface area contributed by atoms with Gasteiger partial charge in [-0.2, -0.15) is 13.2 Å². The van der Waals surface area contributed by atoms with E-state index in [2.05, 4.69) is 0 Å². The maximum absolute atomic E-state index is 13.9. The predicted octanol–water partition coefficient (Wildman–Crippen LogP) is 6.98. The van der Waals surface area contributed by atoms with E-state index < -0.39 is 42.2 Å². The molecule has 4 rings (SSSR count). The summed E-state index contributed by atoms with van der Waals surface area (Å²) >= 11 is 0. The van der Waals surface area contributed by atoms with Crippen LogP contribution >= 0.6 is 0 Å². The number of rotatable bonds is 6. The fourth-order valence-corrected chi connectivity index (χ4v) is 5.02. The molecule has 0 radical (unpaired) electrons. The number of ether oxygens (including phenoxy) is 1. The Hall–Kier alpha value is -3.98. The van der Waals surface area contributed by atoms with Gasteiger partial charge < -0.3 is 14.7 Å². The highest BCUT2D eigenvalue weighted by atomic mass is 19.4. The average molecular weight is 544 g/mol. The second-order valence-corrected chi connectivity index (χ2v) is 9.41. The number of benzene rings is 3. The minimum absolute atomic E-state index is 0.0593. The molecule has 1 unspecified atom stereocenters. The van der Waals surface area contributed by atoms with Crippen molar-refractivity contribution in [1.82, 2.24) is 4.90 Å². The molecule has 39 heavy (non-hydrogen) atoms. The second-order valence-electron chi connectivity index (χ2n) is 9.41. The number of likely N-dealkylation sites (N-methyl/N-ethyl adjacent to an activating group) is 1. The van der Waals surface area contributed by atoms with E-state index in [-0.39, 0.29) is 11.5 Å². The van der Waals surface area contributed by atoms with Gasteiger partial charge >= 0.3 is 12.1 Å². The van der Waals surface area contributed by atoms with Crippen molar-refractivity contribution >= 4 is 17.1 Å². The summed E-state index contributed by atoms with van der Waals surface area (Å²) < 4.78 is 72.9. The van der Waals surface area contributed by atoms with Crippen LogP contribution in [-0.2, 0) is 15.7 Å². The van der Waals surface area contributed by atoms with E-state index in [0.717, 1.165) is 12.1 Å². The summed E-state index contributed by atoms with van der Waals surface area (Å²) in [7, 11) is 1.72. The van der Waals surface area contributed by atoms with Gasteiger partial charge in [0.15, 0.2) is 6.79 Å². The van der Waals surface area contributed by atoms with Gasteiger partial charge in [-0.1, -0.05) is 50.2 Å². The zero-order valence-electron chi connectivity index (χ0n) is 21.4. The predicted molar refractivity (Wildman–Crippen MR) is 137 cm³/mol. The first-order valence-corrected chi connectivity index (χ1v) is 12.1. The monoisotopic (exact) mass is 543 g/mol. The fraction of sp³-hybridized carbons (Fsp3) is 0.233. The van der Waals surface area contributed by atoms with Gasteiger partial charge in [-0.3, -0.25) is 0 Å². The van der Waals surface area contributed by atoms with E-state index >= 15 is 0 Å². The Morgan fingerprint density at radius 1 is 0.872 bits per heavy atom. The largest absolute Gasteiger partial charge is 0.435 e. The summed E-state index contributed by atoms with van der Waals surface area (Å²) in [6, 6.07) is 14.6. The number of nitrogens with zero attached hydrogens (tertiary/aromatic N) is 1. The Morgan fingerprint density at radius 3 is 1.85 bits per heavy atom. The molecule has 0 aliphatic carbocycles. The lowest BCUT2D eigenvalue weighted by Crippen LogP contribution is -2.36. The molecule has 0 spiro atoms.